The Balaban J connectivity index is 4.47. The molecule has 1 unspecified atom stereocenters. The molecule has 0 aromatic rings. The van der Waals surface area contributed by atoms with Gasteiger partial charge in [0.25, 0.3) is 0 Å². The Bertz CT molecular complexity index is 325. The molecule has 0 spiro atoms. The van der Waals surface area contributed by atoms with Crippen molar-refractivity contribution in [2.45, 2.75) is 12.2 Å². The van der Waals surface area contributed by atoms with Crippen LogP contribution in [-0.2, 0) is 19.6 Å². The molecule has 0 heterocycles. The van der Waals surface area contributed by atoms with Crippen LogP contribution in [0.2, 0.25) is 0 Å². The first-order chi connectivity index (χ1) is 6.63. The first kappa shape index (κ1) is 14.2. The molecular weight excluding hydrogens is 238 g/mol. The lowest BCUT2D eigenvalue weighted by molar-refractivity contribution is -0.163. The third kappa shape index (κ3) is 3.68. The summed E-state index contributed by atoms with van der Waals surface area (Å²) >= 11 is 0. The summed E-state index contributed by atoms with van der Waals surface area (Å²) in [5.74, 6) is -2.98. The molecule has 2 N–H and O–H groups in total. The van der Waals surface area contributed by atoms with E-state index in [1.807, 2.05) is 0 Å². The lowest BCUT2D eigenvalue weighted by Crippen LogP contribution is -2.39. The van der Waals surface area contributed by atoms with Gasteiger partial charge in [-0.15, -0.1) is 0 Å². The highest BCUT2D eigenvalue weighted by molar-refractivity contribution is 7.87. The fourth-order valence-corrected chi connectivity index (χ4v) is 0.730. The van der Waals surface area contributed by atoms with Gasteiger partial charge in [-0.1, -0.05) is 6.92 Å². The minimum atomic E-state index is -5.83. The van der Waals surface area contributed by atoms with Crippen molar-refractivity contribution in [3.05, 3.63) is 0 Å². The number of ether oxygens (including phenoxy) is 1. The van der Waals surface area contributed by atoms with Crippen molar-refractivity contribution in [3.63, 3.8) is 0 Å². The second-order valence-corrected chi connectivity index (χ2v) is 4.34. The Morgan fingerprint density at radius 2 is 2.00 bits per heavy atom. The van der Waals surface area contributed by atoms with E-state index in [0.29, 0.717) is 0 Å². The van der Waals surface area contributed by atoms with Crippen molar-refractivity contribution in [1.29, 1.82) is 0 Å². The van der Waals surface area contributed by atoms with Crippen molar-refractivity contribution < 1.29 is 36.4 Å². The van der Waals surface area contributed by atoms with Crippen LogP contribution in [0.4, 0.5) is 8.78 Å². The van der Waals surface area contributed by atoms with Crippen LogP contribution in [0.25, 0.3) is 0 Å². The molecule has 0 aromatic heterocycles. The molecule has 90 valence electrons. The highest BCUT2D eigenvalue weighted by atomic mass is 32.2. The minimum absolute atomic E-state index is 0.412. The van der Waals surface area contributed by atoms with Crippen LogP contribution in [0.3, 0.4) is 0 Å². The number of rotatable bonds is 5. The maximum Gasteiger partial charge on any atom is 0.465 e. The number of alkyl halides is 2. The van der Waals surface area contributed by atoms with Gasteiger partial charge in [-0.05, 0) is 0 Å². The van der Waals surface area contributed by atoms with Gasteiger partial charge in [-0.3, -0.25) is 4.55 Å². The summed E-state index contributed by atoms with van der Waals surface area (Å²) in [4.78, 5) is 10.5. The van der Waals surface area contributed by atoms with Gasteiger partial charge in [0.15, 0.2) is 0 Å². The summed E-state index contributed by atoms with van der Waals surface area (Å²) in [6.45, 7) is 0.407. The zero-order chi connectivity index (χ0) is 12.3. The molecule has 1 atom stereocenters. The zero-order valence-electron chi connectivity index (χ0n) is 7.68. The standard InChI is InChI=1S/C6H10F2O6S/c1-4(2-9)3-14-5(10)6(7,8)15(11,12)13/h4,9H,2-3H2,1H3,(H,11,12,13). The topological polar surface area (TPSA) is 101 Å². The molecule has 6 nitrogen and oxygen atoms in total. The Morgan fingerprint density at radius 1 is 1.53 bits per heavy atom. The predicted molar refractivity (Wildman–Crippen MR) is 43.7 cm³/mol. The highest BCUT2D eigenvalue weighted by Crippen LogP contribution is 2.22. The van der Waals surface area contributed by atoms with Gasteiger partial charge in [0.05, 0.1) is 6.61 Å². The van der Waals surface area contributed by atoms with Gasteiger partial charge in [0, 0.05) is 12.5 Å². The molecule has 0 rings (SSSR count). The maximum absolute atomic E-state index is 12.5. The van der Waals surface area contributed by atoms with Crippen molar-refractivity contribution in [2.75, 3.05) is 13.2 Å². The highest BCUT2D eigenvalue weighted by Gasteiger charge is 2.54. The minimum Gasteiger partial charge on any atom is -0.460 e. The van der Waals surface area contributed by atoms with Crippen LogP contribution in [0.15, 0.2) is 0 Å². The van der Waals surface area contributed by atoms with Gasteiger partial charge < -0.3 is 9.84 Å². The van der Waals surface area contributed by atoms with Crippen LogP contribution in [0, 0.1) is 5.92 Å². The molecule has 0 saturated heterocycles. The lowest BCUT2D eigenvalue weighted by atomic mass is 10.2. The molecule has 9 heteroatoms. The molecule has 0 fully saturated rings. The molecule has 0 bridgehead atoms. The van der Waals surface area contributed by atoms with Crippen LogP contribution < -0.4 is 0 Å². The normalized spacial score (nSPS) is 14.7. The third-order valence-electron chi connectivity index (χ3n) is 1.37. The van der Waals surface area contributed by atoms with E-state index in [9.17, 15) is 22.0 Å². The van der Waals surface area contributed by atoms with Gasteiger partial charge in [0.2, 0.25) is 0 Å². The second-order valence-electron chi connectivity index (χ2n) is 2.88. The van der Waals surface area contributed by atoms with E-state index < -0.39 is 40.5 Å². The Hall–Kier alpha value is -0.800. The van der Waals surface area contributed by atoms with Crippen molar-refractivity contribution >= 4 is 16.1 Å². The molecule has 0 saturated carbocycles. The van der Waals surface area contributed by atoms with Gasteiger partial charge >= 0.3 is 21.3 Å². The van der Waals surface area contributed by atoms with E-state index >= 15 is 0 Å². The largest absolute Gasteiger partial charge is 0.465 e. The summed E-state index contributed by atoms with van der Waals surface area (Å²) in [5.41, 5.74) is 0. The Labute approximate surface area is 84.6 Å². The number of aliphatic hydroxyl groups excluding tert-OH is 1. The predicted octanol–water partition coefficient (Wildman–Crippen LogP) is -0.361. The average Bonchev–Trinajstić information content (AvgIpc) is 2.11. The SMILES string of the molecule is CC(CO)COC(=O)C(F)(F)S(=O)(=O)O. The zero-order valence-corrected chi connectivity index (χ0v) is 8.50. The third-order valence-corrected chi connectivity index (χ3v) is 2.19. The van der Waals surface area contributed by atoms with Crippen molar-refractivity contribution in [3.8, 4) is 0 Å². The first-order valence-corrected chi connectivity index (χ1v) is 5.20. The van der Waals surface area contributed by atoms with Crippen LogP contribution in [0.5, 0.6) is 0 Å². The number of carbonyl (C=O) groups excluding carboxylic acids is 1. The molecular formula is C6H10F2O6S. The van der Waals surface area contributed by atoms with Crippen molar-refractivity contribution in [1.82, 2.24) is 0 Å². The molecule has 0 aliphatic rings. The molecule has 15 heavy (non-hydrogen) atoms. The number of hydrogen-bond acceptors (Lipinski definition) is 5. The number of aliphatic hydroxyl groups is 1. The molecule has 0 aromatic carbocycles. The summed E-state index contributed by atoms with van der Waals surface area (Å²) in [6, 6.07) is 0. The van der Waals surface area contributed by atoms with Gasteiger partial charge in [0.1, 0.15) is 0 Å². The number of hydrogen-bond donors (Lipinski definition) is 2. The fraction of sp³-hybridized carbons (Fsp3) is 0.833. The van der Waals surface area contributed by atoms with Crippen LogP contribution in [-0.4, -0.2) is 42.5 Å². The Kier molecular flexibility index (Phi) is 4.56. The number of esters is 1. The Morgan fingerprint density at radius 3 is 2.33 bits per heavy atom. The van der Waals surface area contributed by atoms with E-state index in [-0.39, 0.29) is 0 Å². The monoisotopic (exact) mass is 248 g/mol. The van der Waals surface area contributed by atoms with E-state index in [4.69, 9.17) is 9.66 Å². The summed E-state index contributed by atoms with van der Waals surface area (Å²) in [7, 11) is -5.83. The summed E-state index contributed by atoms with van der Waals surface area (Å²) < 4.78 is 57.0. The molecule has 0 aliphatic heterocycles. The second kappa shape index (κ2) is 4.81. The van der Waals surface area contributed by atoms with Crippen LogP contribution in [0.1, 0.15) is 6.92 Å². The maximum atomic E-state index is 12.5. The van der Waals surface area contributed by atoms with E-state index in [1.54, 1.807) is 0 Å². The van der Waals surface area contributed by atoms with Crippen molar-refractivity contribution in [2.24, 2.45) is 5.92 Å². The molecule has 0 amide bonds. The molecule has 0 aliphatic carbocycles. The van der Waals surface area contributed by atoms with E-state index in [2.05, 4.69) is 4.74 Å². The molecule has 0 radical (unpaired) electrons. The fourth-order valence-electron chi connectivity index (χ4n) is 0.460. The summed E-state index contributed by atoms with van der Waals surface area (Å²) in [5, 5.41) is 3.48. The smallest absolute Gasteiger partial charge is 0.460 e. The van der Waals surface area contributed by atoms with Gasteiger partial charge in [-0.25, -0.2) is 4.79 Å². The quantitative estimate of drug-likeness (QED) is 0.509. The average molecular weight is 248 g/mol. The number of halogens is 2. The van der Waals surface area contributed by atoms with E-state index in [1.165, 1.54) is 6.92 Å². The lowest BCUT2D eigenvalue weighted by Gasteiger charge is -2.13. The van der Waals surface area contributed by atoms with Gasteiger partial charge in [-0.2, -0.15) is 17.2 Å². The summed E-state index contributed by atoms with van der Waals surface area (Å²) in [6.07, 6.45) is 0. The number of carbonyl (C=O) groups is 1. The first-order valence-electron chi connectivity index (χ1n) is 3.75. The van der Waals surface area contributed by atoms with Crippen LogP contribution >= 0.6 is 0 Å². The van der Waals surface area contributed by atoms with E-state index in [0.717, 1.165) is 0 Å².